The molecule has 0 unspecified atom stereocenters. The van der Waals surface area contributed by atoms with E-state index < -0.39 is 0 Å². The molecule has 3 aromatic rings. The quantitative estimate of drug-likeness (QED) is 0.504. The number of nitrogens with zero attached hydrogens (tertiary/aromatic N) is 3. The molecule has 0 aliphatic heterocycles. The van der Waals surface area contributed by atoms with Crippen LogP contribution in [0.5, 0.6) is 11.5 Å². The first-order valence-electron chi connectivity index (χ1n) is 9.52. The van der Waals surface area contributed by atoms with Crippen LogP contribution in [0, 0.1) is 13.8 Å². The summed E-state index contributed by atoms with van der Waals surface area (Å²) in [6.45, 7) is 7.62. The highest BCUT2D eigenvalue weighted by molar-refractivity contribution is 7.17. The zero-order valence-corrected chi connectivity index (χ0v) is 17.7. The van der Waals surface area contributed by atoms with Gasteiger partial charge in [-0.3, -0.25) is 9.20 Å². The number of thiazole rings is 1. The molecule has 1 aromatic carbocycles. The first-order valence-corrected chi connectivity index (χ1v) is 10.3. The van der Waals surface area contributed by atoms with Gasteiger partial charge in [0.25, 0.3) is 0 Å². The lowest BCUT2D eigenvalue weighted by Gasteiger charge is -2.17. The summed E-state index contributed by atoms with van der Waals surface area (Å²) < 4.78 is 13.4. The highest BCUT2D eigenvalue weighted by atomic mass is 32.1. The summed E-state index contributed by atoms with van der Waals surface area (Å²) in [4.78, 5) is 21.1. The van der Waals surface area contributed by atoms with Gasteiger partial charge in [0.05, 0.1) is 31.1 Å². The van der Waals surface area contributed by atoms with E-state index in [1.165, 1.54) is 4.88 Å². The van der Waals surface area contributed by atoms with Gasteiger partial charge >= 0.3 is 0 Å². The van der Waals surface area contributed by atoms with Crippen molar-refractivity contribution < 1.29 is 14.3 Å². The normalized spacial score (nSPS) is 11.0. The smallest absolute Gasteiger partial charge is 0.222 e. The maximum absolute atomic E-state index is 12.5. The first kappa shape index (κ1) is 20.2. The fourth-order valence-corrected chi connectivity index (χ4v) is 3.94. The second-order valence-corrected chi connectivity index (χ2v) is 7.93. The number of hydrogen-bond donors (Lipinski definition) is 0. The summed E-state index contributed by atoms with van der Waals surface area (Å²) in [5, 5.41) is 0. The summed E-state index contributed by atoms with van der Waals surface area (Å²) >= 11 is 1.66. The molecule has 0 N–H and O–H groups in total. The zero-order chi connectivity index (χ0) is 20.1. The van der Waals surface area contributed by atoms with Crippen LogP contribution in [0.25, 0.3) is 4.96 Å². The van der Waals surface area contributed by atoms with E-state index in [0.29, 0.717) is 32.6 Å². The van der Waals surface area contributed by atoms with Crippen molar-refractivity contribution in [2.45, 2.75) is 40.2 Å². The molecule has 0 bridgehead atoms. The van der Waals surface area contributed by atoms with Crippen LogP contribution in [0.4, 0.5) is 0 Å². The number of carbonyl (C=O) groups is 1. The third kappa shape index (κ3) is 4.65. The minimum absolute atomic E-state index is 0.1000. The van der Waals surface area contributed by atoms with Gasteiger partial charge in [0.15, 0.2) is 16.5 Å². The monoisotopic (exact) mass is 401 g/mol. The van der Waals surface area contributed by atoms with E-state index in [1.54, 1.807) is 16.2 Å². The summed E-state index contributed by atoms with van der Waals surface area (Å²) in [6.07, 6.45) is 3.18. The Kier molecular flexibility index (Phi) is 6.57. The number of aryl methyl sites for hydroxylation is 2. The summed E-state index contributed by atoms with van der Waals surface area (Å²) in [5.41, 5.74) is 2.04. The average molecular weight is 402 g/mol. The third-order valence-electron chi connectivity index (χ3n) is 4.50. The van der Waals surface area contributed by atoms with Crippen LogP contribution >= 0.6 is 11.3 Å². The summed E-state index contributed by atoms with van der Waals surface area (Å²) in [5.74, 6) is 1.55. The summed E-state index contributed by atoms with van der Waals surface area (Å²) in [7, 11) is 1.84. The molecule has 6 nitrogen and oxygen atoms in total. The Hall–Kier alpha value is -2.54. The van der Waals surface area contributed by atoms with E-state index >= 15 is 0 Å². The fourth-order valence-electron chi connectivity index (χ4n) is 3.05. The maximum Gasteiger partial charge on any atom is 0.222 e. The number of amides is 1. The van der Waals surface area contributed by atoms with Crippen molar-refractivity contribution in [2.75, 3.05) is 20.3 Å². The van der Waals surface area contributed by atoms with Crippen molar-refractivity contribution in [3.05, 3.63) is 46.7 Å². The van der Waals surface area contributed by atoms with Gasteiger partial charge in [-0.25, -0.2) is 4.98 Å². The van der Waals surface area contributed by atoms with E-state index in [2.05, 4.69) is 22.5 Å². The van der Waals surface area contributed by atoms with Crippen LogP contribution in [0.2, 0.25) is 0 Å². The van der Waals surface area contributed by atoms with E-state index in [0.717, 1.165) is 27.8 Å². The number of ether oxygens (including phenoxy) is 2. The largest absolute Gasteiger partial charge is 0.490 e. The van der Waals surface area contributed by atoms with Crippen molar-refractivity contribution in [3.8, 4) is 11.5 Å². The molecule has 7 heteroatoms. The molecule has 2 heterocycles. The molecule has 3 rings (SSSR count). The van der Waals surface area contributed by atoms with Crippen LogP contribution < -0.4 is 9.47 Å². The molecule has 1 amide bonds. The Labute approximate surface area is 169 Å². The summed E-state index contributed by atoms with van der Waals surface area (Å²) in [6, 6.07) is 7.60. The first-order chi connectivity index (χ1) is 13.5. The molecule has 28 heavy (non-hydrogen) atoms. The Balaban J connectivity index is 1.50. The van der Waals surface area contributed by atoms with Crippen molar-refractivity contribution in [3.63, 3.8) is 0 Å². The molecule has 2 aromatic heterocycles. The van der Waals surface area contributed by atoms with Gasteiger partial charge in [-0.2, -0.15) is 0 Å². The molecule has 0 aliphatic carbocycles. The predicted octanol–water partition coefficient (Wildman–Crippen LogP) is 4.23. The lowest BCUT2D eigenvalue weighted by molar-refractivity contribution is -0.130. The van der Waals surface area contributed by atoms with Gasteiger partial charge < -0.3 is 14.4 Å². The van der Waals surface area contributed by atoms with Gasteiger partial charge in [-0.05, 0) is 39.3 Å². The Morgan fingerprint density at radius 1 is 1.21 bits per heavy atom. The van der Waals surface area contributed by atoms with Crippen LogP contribution in [0.1, 0.15) is 36.0 Å². The number of carbonyl (C=O) groups excluding carboxylic acids is 1. The molecule has 0 spiro atoms. The van der Waals surface area contributed by atoms with Crippen LogP contribution in [-0.4, -0.2) is 40.5 Å². The molecule has 0 saturated carbocycles. The number of rotatable bonds is 9. The minimum Gasteiger partial charge on any atom is -0.490 e. The molecule has 150 valence electrons. The number of aromatic nitrogens is 2. The van der Waals surface area contributed by atoms with Crippen molar-refractivity contribution >= 4 is 22.2 Å². The molecular formula is C21H27N3O3S. The Bertz CT molecular complexity index is 948. The van der Waals surface area contributed by atoms with Gasteiger partial charge in [0.1, 0.15) is 0 Å². The van der Waals surface area contributed by atoms with Gasteiger partial charge in [0, 0.05) is 24.5 Å². The fraction of sp³-hybridized carbons (Fsp3) is 0.429. The SMILES string of the molecule is CCOc1ccccc1OCCCC(=O)N(C)Cc1c(C)nc2sc(C)cn12. The van der Waals surface area contributed by atoms with E-state index in [-0.39, 0.29) is 5.91 Å². The van der Waals surface area contributed by atoms with Crippen LogP contribution in [-0.2, 0) is 11.3 Å². The molecule has 0 fully saturated rings. The maximum atomic E-state index is 12.5. The third-order valence-corrected chi connectivity index (χ3v) is 5.39. The van der Waals surface area contributed by atoms with Gasteiger partial charge in [-0.15, -0.1) is 11.3 Å². The number of benzene rings is 1. The van der Waals surface area contributed by atoms with E-state index in [1.807, 2.05) is 45.2 Å². The van der Waals surface area contributed by atoms with E-state index in [9.17, 15) is 4.79 Å². The van der Waals surface area contributed by atoms with Crippen molar-refractivity contribution in [2.24, 2.45) is 0 Å². The predicted molar refractivity (Wildman–Crippen MR) is 111 cm³/mol. The zero-order valence-electron chi connectivity index (χ0n) is 16.9. The highest BCUT2D eigenvalue weighted by Crippen LogP contribution is 2.26. The lowest BCUT2D eigenvalue weighted by Crippen LogP contribution is -2.27. The number of fused-ring (bicyclic) bond motifs is 1. The van der Waals surface area contributed by atoms with Gasteiger partial charge in [0.2, 0.25) is 5.91 Å². The average Bonchev–Trinajstić information content (AvgIpc) is 3.16. The highest BCUT2D eigenvalue weighted by Gasteiger charge is 2.16. The van der Waals surface area contributed by atoms with Crippen molar-refractivity contribution in [1.82, 2.24) is 14.3 Å². The van der Waals surface area contributed by atoms with Crippen LogP contribution in [0.3, 0.4) is 0 Å². The van der Waals surface area contributed by atoms with Crippen molar-refractivity contribution in [1.29, 1.82) is 0 Å². The number of imidazole rings is 1. The van der Waals surface area contributed by atoms with Crippen LogP contribution in [0.15, 0.2) is 30.5 Å². The topological polar surface area (TPSA) is 56.1 Å². The molecule has 0 radical (unpaired) electrons. The molecule has 0 saturated heterocycles. The molecule has 0 atom stereocenters. The second-order valence-electron chi connectivity index (χ2n) is 6.72. The van der Waals surface area contributed by atoms with E-state index in [4.69, 9.17) is 9.47 Å². The second kappa shape index (κ2) is 9.10. The number of hydrogen-bond acceptors (Lipinski definition) is 5. The minimum atomic E-state index is 0.1000. The lowest BCUT2D eigenvalue weighted by atomic mass is 10.2. The van der Waals surface area contributed by atoms with Gasteiger partial charge in [-0.1, -0.05) is 12.1 Å². The Morgan fingerprint density at radius 3 is 2.64 bits per heavy atom. The Morgan fingerprint density at radius 2 is 1.93 bits per heavy atom. The molecule has 0 aliphatic rings. The molecular weight excluding hydrogens is 374 g/mol. The number of para-hydroxylation sites is 2. The standard InChI is InChI=1S/C21H27N3O3S/c1-5-26-18-9-6-7-10-19(18)27-12-8-11-20(25)23(4)14-17-16(3)22-21-24(17)13-15(2)28-21/h6-7,9-10,13H,5,8,11-12,14H2,1-4H3.